The van der Waals surface area contributed by atoms with Crippen LogP contribution in [0.15, 0.2) is 0 Å². The zero-order valence-electron chi connectivity index (χ0n) is 77.0. The van der Waals surface area contributed by atoms with Gasteiger partial charge in [-0.15, -0.1) is 0 Å². The number of carbonyl (C=O) groups is 4. The highest BCUT2D eigenvalue weighted by Crippen LogP contribution is 2.43. The van der Waals surface area contributed by atoms with Gasteiger partial charge in [0.1, 0.15) is 281 Å². The van der Waals surface area contributed by atoms with Crippen LogP contribution in [0.25, 0.3) is 0 Å². The molecule has 0 aliphatic carbocycles. The average molecular weight is 2100 g/mol. The Labute approximate surface area is 809 Å². The largest absolute Gasteiger partial charge is 0.394 e. The minimum absolute atomic E-state index is 0.874. The van der Waals surface area contributed by atoms with E-state index in [0.717, 1.165) is 27.7 Å². The summed E-state index contributed by atoms with van der Waals surface area (Å²) in [5.41, 5.74) is 0. The molecule has 4 amide bonds. The lowest BCUT2D eigenvalue weighted by atomic mass is 9.93. The summed E-state index contributed by atoms with van der Waals surface area (Å²) < 4.78 is 139. The van der Waals surface area contributed by atoms with E-state index in [9.17, 15) is 183 Å². The Balaban J connectivity index is 0.880. The highest BCUT2D eigenvalue weighted by Gasteiger charge is 2.64. The third-order valence-electron chi connectivity index (χ3n) is 26.6. The Morgan fingerprint density at radius 1 is 0.196 bits per heavy atom. The molecule has 63 heteroatoms. The van der Waals surface area contributed by atoms with E-state index in [2.05, 4.69) is 21.3 Å². The Hall–Kier alpha value is -4.32. The molecule has 12 aliphatic heterocycles. The lowest BCUT2D eigenvalue weighted by Gasteiger charge is -2.52. The van der Waals surface area contributed by atoms with Crippen LogP contribution >= 0.6 is 0 Å². The molecule has 12 heterocycles. The third kappa shape index (κ3) is 25.8. The topological polar surface area (TPSA) is 976 Å². The van der Waals surface area contributed by atoms with Gasteiger partial charge in [-0.2, -0.15) is 0 Å². The van der Waals surface area contributed by atoms with Crippen LogP contribution in [-0.4, -0.2) is 621 Å². The summed E-state index contributed by atoms with van der Waals surface area (Å²) in [5.74, 6) is -4.13. The fraction of sp³-hybridized carbons (Fsp3) is 0.950. The standard InChI is InChI=1S/C80H134N4O59/c1-17-37(97)46(106)53(113)74(123-17)138-63-29(13-91)131-72(35(83-21(5)95)65(63)140-77-56(116)49(109)40(100)24(8-86)127-77)142-67-42(102)31(15-121-70-33(81-19(3)93)44(104)60(27(11-89)129-70)135-76-55(115)48(108)39(99)23(7-85)126-76)133-79(58(67)118)136-61-28(12-90)130-71(34(45(61)105)82-20(4)94)122-16-32-43(103)68(59(119)80(134-32)137-62-26(10-88)125-69(120)52(112)51(62)111)143-73-36(84-22(6)96)66(141-78-57(117)50(110)41(101)25(9-87)128-78)64(30(14-92)132-73)139-75-54(114)47(107)38(98)18(2)124-75/h17-18,23-80,85-92,97-120H,7-16H2,1-6H3,(H,81,93)(H,82,94)(H,83,95)(H,84,96)/t17-,18-,23+,24+,25+,26+,27+,28+,29+,30+,31+,32+,33+,34+,35+,36+,37+,38+,39-,40-,41-,42-,43-,44+,45+,46+,47+,48-,49-,50-,51+,52+,53-,54-,55+,56+,57+,58+,59+,60+,61+,62+,63+,64+,65+,66+,67-,68-,69?,70+,71+,72-,73-,74-,75-,76-,77-,78-,79-,80-/m0/s1. The van der Waals surface area contributed by atoms with E-state index in [-0.39, 0.29) is 0 Å². The van der Waals surface area contributed by atoms with Crippen LogP contribution in [0.2, 0.25) is 0 Å². The predicted molar refractivity (Wildman–Crippen MR) is 439 cm³/mol. The van der Waals surface area contributed by atoms with E-state index >= 15 is 0 Å². The third-order valence-corrected chi connectivity index (χ3v) is 26.6. The van der Waals surface area contributed by atoms with Gasteiger partial charge >= 0.3 is 0 Å². The van der Waals surface area contributed by atoms with E-state index in [0.29, 0.717) is 0 Å². The minimum Gasteiger partial charge on any atom is -0.394 e. The summed E-state index contributed by atoms with van der Waals surface area (Å²) in [6.45, 7) is -5.64. The fourth-order valence-corrected chi connectivity index (χ4v) is 18.7. The molecule has 12 fully saturated rings. The number of rotatable bonds is 36. The number of nitrogens with one attached hydrogen (secondary N) is 4. The first kappa shape index (κ1) is 117. The minimum atomic E-state index is -2.65. The lowest BCUT2D eigenvalue weighted by Crippen LogP contribution is -2.71. The number of amides is 4. The smallest absolute Gasteiger partial charge is 0.217 e. The van der Waals surface area contributed by atoms with Gasteiger partial charge in [0.05, 0.1) is 78.3 Å². The maximum absolute atomic E-state index is 13.7. The molecule has 12 aliphatic rings. The summed E-state index contributed by atoms with van der Waals surface area (Å²) in [6, 6.07) is -8.23. The monoisotopic (exact) mass is 2090 g/mol. The van der Waals surface area contributed by atoms with Crippen molar-refractivity contribution in [1.82, 2.24) is 21.3 Å². The second-order valence-electron chi connectivity index (χ2n) is 36.6. The average Bonchev–Trinajstić information content (AvgIpc) is 0.754. The number of ether oxygens (including phenoxy) is 23. The van der Waals surface area contributed by atoms with Gasteiger partial charge in [0.25, 0.3) is 0 Å². The first-order chi connectivity index (χ1) is 67.6. The molecule has 0 saturated carbocycles. The summed E-state index contributed by atoms with van der Waals surface area (Å²) in [7, 11) is 0. The second kappa shape index (κ2) is 51.0. The molecule has 828 valence electrons. The van der Waals surface area contributed by atoms with Crippen LogP contribution in [0.3, 0.4) is 0 Å². The van der Waals surface area contributed by atoms with E-state index in [4.69, 9.17) is 109 Å². The molecule has 63 nitrogen and oxygen atoms in total. The van der Waals surface area contributed by atoms with Gasteiger partial charge in [0, 0.05) is 27.7 Å². The van der Waals surface area contributed by atoms with Crippen LogP contribution in [0.1, 0.15) is 41.5 Å². The molecular formula is C80H134N4O59. The van der Waals surface area contributed by atoms with Crippen molar-refractivity contribution in [3.05, 3.63) is 0 Å². The SMILES string of the molecule is CC(=O)N[C@H]1[C@H](OC[C@H]2O[C@@H](O[C@H]3[C@H](O)[C@@H](NC(C)=O)[C@H](OC[C@H]4O[C@@H](O[C@H]5[C@H](O)[C@@H](O)C(O)O[C@@H]5CO)[C@H](O)[C@@H](O[C@@H]5O[C@H](CO)[C@@H](O[C@@H]6O[C@@H](C)[C@@H](O)[C@@H](O)[C@@H]6O)[C@H](O[C@@H]6O[C@H](CO)[C@H](O)[C@H](O)[C@H]6O)[C@H]5NC(C)=O)[C@H]4O)O[C@@H]3CO)[C@H](O)[C@@H](O[C@@H]3O[C@H](CO)[C@@H](O[C@@H]4O[C@@H](C)[C@@H](O)[C@@H](O)[C@@H]4O)[C@H](O[C@@H]4O[C@H](CO)[C@H](O)[C@H](O)[C@H]4O)[C@H]3NC(C)=O)[C@H]2O)O[C@H](CO)[C@@H](O[C@@H]2O[C@H](CO)[C@H](O)[C@H](O)[C@H]2O)[C@@H]1O. The van der Waals surface area contributed by atoms with Crippen LogP contribution in [-0.2, 0) is 128 Å². The fourth-order valence-electron chi connectivity index (χ4n) is 18.7. The van der Waals surface area contributed by atoms with Crippen molar-refractivity contribution in [2.45, 2.75) is 410 Å². The van der Waals surface area contributed by atoms with E-state index in [1.165, 1.54) is 13.8 Å². The summed E-state index contributed by atoms with van der Waals surface area (Å²) in [6.07, 6.45) is -119. The molecule has 0 bridgehead atoms. The van der Waals surface area contributed by atoms with Crippen molar-refractivity contribution in [3.8, 4) is 0 Å². The second-order valence-corrected chi connectivity index (χ2v) is 36.6. The Morgan fingerprint density at radius 2 is 0.420 bits per heavy atom. The van der Waals surface area contributed by atoms with Crippen LogP contribution in [0, 0.1) is 0 Å². The van der Waals surface area contributed by atoms with Crippen molar-refractivity contribution in [3.63, 3.8) is 0 Å². The maximum Gasteiger partial charge on any atom is 0.217 e. The van der Waals surface area contributed by atoms with Crippen molar-refractivity contribution >= 4 is 23.6 Å². The first-order valence-electron chi connectivity index (χ1n) is 45.9. The molecule has 12 rings (SSSR count). The Bertz CT molecular complexity index is 3950. The highest BCUT2D eigenvalue weighted by atomic mass is 16.8. The van der Waals surface area contributed by atoms with Gasteiger partial charge in [-0.3, -0.25) is 19.2 Å². The number of aliphatic hydroxyl groups excluding tert-OH is 32. The van der Waals surface area contributed by atoms with E-state index < -0.39 is 458 Å². The van der Waals surface area contributed by atoms with Gasteiger partial charge < -0.3 is 294 Å². The first-order valence-corrected chi connectivity index (χ1v) is 45.9. The normalized spacial score (nSPS) is 50.7. The van der Waals surface area contributed by atoms with Crippen LogP contribution in [0.4, 0.5) is 0 Å². The molecule has 1 unspecified atom stereocenters. The zero-order valence-corrected chi connectivity index (χ0v) is 77.0. The summed E-state index contributed by atoms with van der Waals surface area (Å²) in [5, 5.41) is 369. The molecule has 36 N–H and O–H groups in total. The maximum atomic E-state index is 13.7. The highest BCUT2D eigenvalue weighted by molar-refractivity contribution is 5.74. The van der Waals surface area contributed by atoms with Crippen molar-refractivity contribution in [2.24, 2.45) is 0 Å². The van der Waals surface area contributed by atoms with Gasteiger partial charge in [0.2, 0.25) is 23.6 Å². The summed E-state index contributed by atoms with van der Waals surface area (Å²) >= 11 is 0. The molecule has 12 saturated heterocycles. The molecule has 0 radical (unpaired) electrons. The quantitative estimate of drug-likeness (QED) is 0.0277. The molecule has 0 aromatic rings. The van der Waals surface area contributed by atoms with Gasteiger partial charge in [-0.25, -0.2) is 0 Å². The molecule has 143 heavy (non-hydrogen) atoms. The molecule has 0 aromatic heterocycles. The van der Waals surface area contributed by atoms with Crippen LogP contribution < -0.4 is 21.3 Å². The van der Waals surface area contributed by atoms with Crippen molar-refractivity contribution < 1.29 is 292 Å². The van der Waals surface area contributed by atoms with Crippen molar-refractivity contribution in [1.29, 1.82) is 0 Å². The van der Waals surface area contributed by atoms with E-state index in [1.54, 1.807) is 0 Å². The number of carbonyl (C=O) groups excluding carboxylic acids is 4. The van der Waals surface area contributed by atoms with Gasteiger partial charge in [-0.05, 0) is 13.8 Å². The Kier molecular flexibility index (Phi) is 41.8. The number of aliphatic hydroxyl groups is 32. The molecule has 60 atom stereocenters. The Morgan fingerprint density at radius 3 is 0.720 bits per heavy atom. The van der Waals surface area contributed by atoms with Crippen molar-refractivity contribution in [2.75, 3.05) is 66.1 Å². The van der Waals surface area contributed by atoms with E-state index in [1.807, 2.05) is 0 Å². The van der Waals surface area contributed by atoms with Crippen LogP contribution in [0.5, 0.6) is 0 Å². The van der Waals surface area contributed by atoms with Gasteiger partial charge in [-0.1, -0.05) is 0 Å². The van der Waals surface area contributed by atoms with Gasteiger partial charge in [0.15, 0.2) is 75.5 Å². The number of hydrogen-bond acceptors (Lipinski definition) is 59. The molecule has 0 spiro atoms. The molecule has 0 aromatic carbocycles. The summed E-state index contributed by atoms with van der Waals surface area (Å²) in [4.78, 5) is 53.9. The molecular weight excluding hydrogens is 1960 g/mol. The predicted octanol–water partition coefficient (Wildman–Crippen LogP) is -24.5. The lowest BCUT2D eigenvalue weighted by molar-refractivity contribution is -0.395. The number of hydrogen-bond donors (Lipinski definition) is 36. The zero-order chi connectivity index (χ0) is 105.